The number of rotatable bonds is 1. The molecule has 0 radical (unpaired) electrons. The van der Waals surface area contributed by atoms with E-state index in [4.69, 9.17) is 9.47 Å². The van der Waals surface area contributed by atoms with Crippen molar-refractivity contribution in [1.29, 1.82) is 0 Å². The molecule has 15 heavy (non-hydrogen) atoms. The fourth-order valence-corrected chi connectivity index (χ4v) is 2.37. The van der Waals surface area contributed by atoms with Crippen LogP contribution >= 0.6 is 0 Å². The Balaban J connectivity index is 2.08. The summed E-state index contributed by atoms with van der Waals surface area (Å²) in [7, 11) is 1.70. The van der Waals surface area contributed by atoms with E-state index >= 15 is 0 Å². The number of hydrogen-bond acceptors (Lipinski definition) is 2. The number of allylic oxidation sites excluding steroid dienone is 1. The Kier molecular flexibility index (Phi) is 1.94. The van der Waals surface area contributed by atoms with Gasteiger partial charge in [0.2, 0.25) is 0 Å². The van der Waals surface area contributed by atoms with Crippen molar-refractivity contribution in [1.82, 2.24) is 0 Å². The first-order chi connectivity index (χ1) is 7.38. The molecule has 0 aromatic heterocycles. The van der Waals surface area contributed by atoms with Crippen LogP contribution in [0.2, 0.25) is 0 Å². The van der Waals surface area contributed by atoms with E-state index in [-0.39, 0.29) is 0 Å². The van der Waals surface area contributed by atoms with Crippen LogP contribution in [-0.2, 0) is 0 Å². The summed E-state index contributed by atoms with van der Waals surface area (Å²) in [5, 5.41) is 0. The highest BCUT2D eigenvalue weighted by atomic mass is 16.5. The summed E-state index contributed by atoms with van der Waals surface area (Å²) >= 11 is 0. The number of benzene rings is 1. The second-order valence-electron chi connectivity index (χ2n) is 4.06. The van der Waals surface area contributed by atoms with Gasteiger partial charge in [0.1, 0.15) is 17.6 Å². The van der Waals surface area contributed by atoms with Crippen LogP contribution in [0.5, 0.6) is 11.5 Å². The van der Waals surface area contributed by atoms with Crippen molar-refractivity contribution < 1.29 is 9.47 Å². The third-order valence-electron chi connectivity index (χ3n) is 3.15. The zero-order chi connectivity index (χ0) is 10.3. The fraction of sp³-hybridized carbons (Fsp3) is 0.385. The summed E-state index contributed by atoms with van der Waals surface area (Å²) in [6.45, 7) is 0. The van der Waals surface area contributed by atoms with Gasteiger partial charge in [-0.3, -0.25) is 0 Å². The number of fused-ring (bicyclic) bond motifs is 3. The van der Waals surface area contributed by atoms with Crippen molar-refractivity contribution in [2.24, 2.45) is 0 Å². The molecule has 0 saturated heterocycles. The Morgan fingerprint density at radius 2 is 2.33 bits per heavy atom. The van der Waals surface area contributed by atoms with Crippen LogP contribution < -0.4 is 9.47 Å². The van der Waals surface area contributed by atoms with Gasteiger partial charge in [-0.2, -0.15) is 0 Å². The summed E-state index contributed by atoms with van der Waals surface area (Å²) in [6.07, 6.45) is 6.15. The van der Waals surface area contributed by atoms with E-state index < -0.39 is 0 Å². The molecular weight excluding hydrogens is 188 g/mol. The van der Waals surface area contributed by atoms with Gasteiger partial charge in [-0.15, -0.1) is 0 Å². The molecule has 1 aromatic carbocycles. The maximum atomic E-state index is 5.89. The molecular formula is C13H14O2. The summed E-state index contributed by atoms with van der Waals surface area (Å²) < 4.78 is 11.1. The van der Waals surface area contributed by atoms with Gasteiger partial charge in [0.25, 0.3) is 0 Å². The monoisotopic (exact) mass is 202 g/mol. The standard InChI is InChI=1S/C13H14O2/c1-14-9-6-7-13-11(8-9)10-4-2-3-5-12(10)15-13/h4,6-8,12H,2-3,5H2,1H3. The van der Waals surface area contributed by atoms with Crippen LogP contribution in [0.3, 0.4) is 0 Å². The molecule has 1 unspecified atom stereocenters. The second-order valence-corrected chi connectivity index (χ2v) is 4.06. The lowest BCUT2D eigenvalue weighted by atomic mass is 9.93. The van der Waals surface area contributed by atoms with E-state index in [9.17, 15) is 0 Å². The molecule has 1 atom stereocenters. The molecule has 0 N–H and O–H groups in total. The Morgan fingerprint density at radius 3 is 3.20 bits per heavy atom. The summed E-state index contributed by atoms with van der Waals surface area (Å²) in [5.74, 6) is 1.92. The number of methoxy groups -OCH3 is 1. The van der Waals surface area contributed by atoms with Crippen molar-refractivity contribution in [3.8, 4) is 11.5 Å². The van der Waals surface area contributed by atoms with E-state index in [1.807, 2.05) is 12.1 Å². The quantitative estimate of drug-likeness (QED) is 0.697. The maximum absolute atomic E-state index is 5.89. The highest BCUT2D eigenvalue weighted by molar-refractivity contribution is 5.78. The first-order valence-corrected chi connectivity index (χ1v) is 5.43. The fourth-order valence-electron chi connectivity index (χ4n) is 2.37. The summed E-state index contributed by atoms with van der Waals surface area (Å²) in [5.41, 5.74) is 2.58. The Morgan fingerprint density at radius 1 is 1.40 bits per heavy atom. The molecule has 1 aromatic rings. The minimum Gasteiger partial charge on any atom is -0.497 e. The highest BCUT2D eigenvalue weighted by Gasteiger charge is 2.30. The number of hydrogen-bond donors (Lipinski definition) is 0. The average Bonchev–Trinajstić information content (AvgIpc) is 2.66. The first kappa shape index (κ1) is 8.84. The van der Waals surface area contributed by atoms with Crippen molar-refractivity contribution in [2.75, 3.05) is 7.11 Å². The molecule has 1 heterocycles. The first-order valence-electron chi connectivity index (χ1n) is 5.43. The SMILES string of the molecule is COc1ccc2c(c1)C1=CCCCC1O2. The van der Waals surface area contributed by atoms with Crippen LogP contribution in [0, 0.1) is 0 Å². The van der Waals surface area contributed by atoms with Crippen LogP contribution in [0.15, 0.2) is 24.3 Å². The van der Waals surface area contributed by atoms with Gasteiger partial charge >= 0.3 is 0 Å². The van der Waals surface area contributed by atoms with Crippen molar-refractivity contribution in [2.45, 2.75) is 25.4 Å². The second kappa shape index (κ2) is 3.30. The molecule has 78 valence electrons. The van der Waals surface area contributed by atoms with Crippen molar-refractivity contribution in [3.63, 3.8) is 0 Å². The van der Waals surface area contributed by atoms with Crippen molar-refractivity contribution in [3.05, 3.63) is 29.8 Å². The van der Waals surface area contributed by atoms with Gasteiger partial charge in [0.05, 0.1) is 7.11 Å². The molecule has 0 fully saturated rings. The lowest BCUT2D eigenvalue weighted by molar-refractivity contribution is 0.257. The average molecular weight is 202 g/mol. The smallest absolute Gasteiger partial charge is 0.128 e. The van der Waals surface area contributed by atoms with E-state index in [0.717, 1.165) is 17.9 Å². The predicted molar refractivity (Wildman–Crippen MR) is 59.2 cm³/mol. The van der Waals surface area contributed by atoms with E-state index in [0.29, 0.717) is 6.10 Å². The molecule has 0 saturated carbocycles. The van der Waals surface area contributed by atoms with Gasteiger partial charge in [0, 0.05) is 5.56 Å². The van der Waals surface area contributed by atoms with E-state index in [1.165, 1.54) is 24.0 Å². The lowest BCUT2D eigenvalue weighted by Crippen LogP contribution is -2.14. The minimum absolute atomic E-state index is 0.292. The molecule has 2 aliphatic rings. The van der Waals surface area contributed by atoms with E-state index in [1.54, 1.807) is 7.11 Å². The maximum Gasteiger partial charge on any atom is 0.128 e. The third kappa shape index (κ3) is 1.32. The molecule has 2 heteroatoms. The molecule has 1 aliphatic heterocycles. The largest absolute Gasteiger partial charge is 0.497 e. The van der Waals surface area contributed by atoms with Gasteiger partial charge < -0.3 is 9.47 Å². The van der Waals surface area contributed by atoms with Gasteiger partial charge in [-0.25, -0.2) is 0 Å². The topological polar surface area (TPSA) is 18.5 Å². The van der Waals surface area contributed by atoms with Crippen LogP contribution in [0.4, 0.5) is 0 Å². The zero-order valence-electron chi connectivity index (χ0n) is 8.82. The molecule has 0 amide bonds. The normalized spacial score (nSPS) is 22.5. The highest BCUT2D eigenvalue weighted by Crippen LogP contribution is 2.43. The predicted octanol–water partition coefficient (Wildman–Crippen LogP) is 3.02. The van der Waals surface area contributed by atoms with Crippen LogP contribution in [-0.4, -0.2) is 13.2 Å². The van der Waals surface area contributed by atoms with Crippen molar-refractivity contribution >= 4 is 5.57 Å². The lowest BCUT2D eigenvalue weighted by Gasteiger charge is -2.16. The van der Waals surface area contributed by atoms with Gasteiger partial charge in [0.15, 0.2) is 0 Å². The minimum atomic E-state index is 0.292. The zero-order valence-corrected chi connectivity index (χ0v) is 8.82. The van der Waals surface area contributed by atoms with Gasteiger partial charge in [-0.05, 0) is 43.0 Å². The molecule has 2 nitrogen and oxygen atoms in total. The molecule has 1 aliphatic carbocycles. The molecule has 0 bridgehead atoms. The Labute approximate surface area is 89.5 Å². The molecule has 0 spiro atoms. The van der Waals surface area contributed by atoms with Gasteiger partial charge in [-0.1, -0.05) is 6.08 Å². The third-order valence-corrected chi connectivity index (χ3v) is 3.15. The summed E-state index contributed by atoms with van der Waals surface area (Å²) in [6, 6.07) is 6.04. The Bertz CT molecular complexity index is 421. The molecule has 3 rings (SSSR count). The summed E-state index contributed by atoms with van der Waals surface area (Å²) in [4.78, 5) is 0. The van der Waals surface area contributed by atoms with Crippen LogP contribution in [0.1, 0.15) is 24.8 Å². The van der Waals surface area contributed by atoms with E-state index in [2.05, 4.69) is 12.1 Å². The number of ether oxygens (including phenoxy) is 2. The Hall–Kier alpha value is -1.44. The van der Waals surface area contributed by atoms with Crippen LogP contribution in [0.25, 0.3) is 5.57 Å².